The van der Waals surface area contributed by atoms with Crippen LogP contribution in [0.5, 0.6) is 0 Å². The third-order valence-corrected chi connectivity index (χ3v) is 4.34. The summed E-state index contributed by atoms with van der Waals surface area (Å²) in [5.74, 6) is -0.358. The first kappa shape index (κ1) is 17.8. The molecule has 0 aliphatic heterocycles. The predicted molar refractivity (Wildman–Crippen MR) is 81.8 cm³/mol. The van der Waals surface area contributed by atoms with E-state index in [1.807, 2.05) is 13.8 Å². The fourth-order valence-corrected chi connectivity index (χ4v) is 3.66. The van der Waals surface area contributed by atoms with E-state index in [0.717, 1.165) is 12.1 Å². The van der Waals surface area contributed by atoms with Crippen LogP contribution in [0.25, 0.3) is 0 Å². The van der Waals surface area contributed by atoms with Crippen molar-refractivity contribution in [1.82, 2.24) is 0 Å². The Morgan fingerprint density at radius 3 is 2.48 bits per heavy atom. The Bertz CT molecular complexity index is 598. The van der Waals surface area contributed by atoms with E-state index in [9.17, 15) is 23.1 Å². The van der Waals surface area contributed by atoms with Gasteiger partial charge in [-0.1, -0.05) is 26.8 Å². The summed E-state index contributed by atoms with van der Waals surface area (Å²) in [6.07, 6.45) is -3.55. The summed E-state index contributed by atoms with van der Waals surface area (Å²) in [6, 6.07) is 4.58. The van der Waals surface area contributed by atoms with Crippen molar-refractivity contribution in [2.75, 3.05) is 5.32 Å². The molecule has 1 aliphatic rings. The molecule has 2 N–H and O–H groups in total. The van der Waals surface area contributed by atoms with Crippen molar-refractivity contribution >= 4 is 11.6 Å². The zero-order valence-electron chi connectivity index (χ0n) is 13.5. The molecule has 2 rings (SSSR count). The summed E-state index contributed by atoms with van der Waals surface area (Å²) in [5.41, 5.74) is -1.69. The van der Waals surface area contributed by atoms with Crippen LogP contribution in [0.3, 0.4) is 0 Å². The highest BCUT2D eigenvalue weighted by atomic mass is 19.4. The zero-order chi connectivity index (χ0) is 17.5. The minimum absolute atomic E-state index is 0.115. The Morgan fingerprint density at radius 2 is 1.91 bits per heavy atom. The van der Waals surface area contributed by atoms with Gasteiger partial charge in [-0.15, -0.1) is 0 Å². The summed E-state index contributed by atoms with van der Waals surface area (Å²) in [7, 11) is 0. The molecule has 0 heterocycles. The van der Waals surface area contributed by atoms with Crippen LogP contribution in [0.2, 0.25) is 0 Å². The topological polar surface area (TPSA) is 49.3 Å². The van der Waals surface area contributed by atoms with Crippen molar-refractivity contribution in [2.45, 2.75) is 52.3 Å². The Balaban J connectivity index is 2.18. The standard InChI is InChI=1S/C17H22F3NO2/c1-15(2)8-13(22)9-16(3,10-15)14(23)21-12-6-4-5-11(7-12)17(18,19)20/h4-7,13,22H,8-10H2,1-3H3,(H,21,23). The minimum Gasteiger partial charge on any atom is -0.393 e. The second-order valence-electron chi connectivity index (χ2n) is 7.50. The number of hydrogen-bond donors (Lipinski definition) is 2. The van der Waals surface area contributed by atoms with Gasteiger partial charge in [0, 0.05) is 11.1 Å². The highest BCUT2D eigenvalue weighted by Crippen LogP contribution is 2.46. The van der Waals surface area contributed by atoms with Crippen molar-refractivity contribution in [3.05, 3.63) is 29.8 Å². The van der Waals surface area contributed by atoms with Gasteiger partial charge in [-0.2, -0.15) is 13.2 Å². The number of hydrogen-bond acceptors (Lipinski definition) is 2. The average molecular weight is 329 g/mol. The van der Waals surface area contributed by atoms with Crippen LogP contribution in [-0.4, -0.2) is 17.1 Å². The van der Waals surface area contributed by atoms with E-state index < -0.39 is 23.3 Å². The lowest BCUT2D eigenvalue weighted by Crippen LogP contribution is -2.45. The summed E-state index contributed by atoms with van der Waals surface area (Å²) in [4.78, 5) is 12.6. The third-order valence-electron chi connectivity index (χ3n) is 4.34. The van der Waals surface area contributed by atoms with Crippen LogP contribution in [0, 0.1) is 10.8 Å². The molecule has 23 heavy (non-hydrogen) atoms. The summed E-state index contributed by atoms with van der Waals surface area (Å²) < 4.78 is 38.2. The van der Waals surface area contributed by atoms with Gasteiger partial charge < -0.3 is 10.4 Å². The van der Waals surface area contributed by atoms with Crippen molar-refractivity contribution in [3.63, 3.8) is 0 Å². The number of aliphatic hydroxyl groups excluding tert-OH is 1. The van der Waals surface area contributed by atoms with Crippen LogP contribution >= 0.6 is 0 Å². The molecule has 1 aromatic carbocycles. The molecule has 0 bridgehead atoms. The second kappa shape index (κ2) is 5.82. The molecular weight excluding hydrogens is 307 g/mol. The first-order valence-corrected chi connectivity index (χ1v) is 7.58. The van der Waals surface area contributed by atoms with Crippen LogP contribution < -0.4 is 5.32 Å². The highest BCUT2D eigenvalue weighted by Gasteiger charge is 2.45. The SMILES string of the molecule is CC1(C)CC(O)CC(C)(C(=O)Nc2cccc(C(F)(F)F)c2)C1. The summed E-state index contributed by atoms with van der Waals surface area (Å²) >= 11 is 0. The minimum atomic E-state index is -4.45. The summed E-state index contributed by atoms with van der Waals surface area (Å²) in [5, 5.41) is 12.6. The predicted octanol–water partition coefficient (Wildman–Crippen LogP) is 4.22. The molecule has 1 aliphatic carbocycles. The molecule has 1 saturated carbocycles. The molecule has 6 heteroatoms. The molecule has 1 amide bonds. The third kappa shape index (κ3) is 4.25. The molecule has 0 saturated heterocycles. The number of halogens is 3. The number of carbonyl (C=O) groups excluding carboxylic acids is 1. The smallest absolute Gasteiger partial charge is 0.393 e. The van der Waals surface area contributed by atoms with Crippen molar-refractivity contribution in [3.8, 4) is 0 Å². The Kier molecular flexibility index (Phi) is 4.50. The van der Waals surface area contributed by atoms with E-state index in [1.54, 1.807) is 6.92 Å². The number of nitrogens with one attached hydrogen (secondary N) is 1. The van der Waals surface area contributed by atoms with Gasteiger partial charge in [-0.05, 0) is 42.9 Å². The van der Waals surface area contributed by atoms with Crippen LogP contribution in [-0.2, 0) is 11.0 Å². The van der Waals surface area contributed by atoms with E-state index >= 15 is 0 Å². The number of aliphatic hydroxyl groups is 1. The number of amides is 1. The van der Waals surface area contributed by atoms with Gasteiger partial charge in [0.1, 0.15) is 0 Å². The Labute approximate surface area is 133 Å². The van der Waals surface area contributed by atoms with Crippen LogP contribution in [0.4, 0.5) is 18.9 Å². The monoisotopic (exact) mass is 329 g/mol. The average Bonchev–Trinajstić information content (AvgIpc) is 2.35. The van der Waals surface area contributed by atoms with Gasteiger partial charge in [0.25, 0.3) is 0 Å². The quantitative estimate of drug-likeness (QED) is 0.853. The molecule has 2 atom stereocenters. The number of anilines is 1. The molecule has 2 unspecified atom stereocenters. The lowest BCUT2D eigenvalue weighted by atomic mass is 9.63. The van der Waals surface area contributed by atoms with Crippen molar-refractivity contribution in [2.24, 2.45) is 10.8 Å². The number of rotatable bonds is 2. The maximum atomic E-state index is 12.7. The molecule has 128 valence electrons. The summed E-state index contributed by atoms with van der Waals surface area (Å²) in [6.45, 7) is 5.70. The normalized spacial score (nSPS) is 27.5. The highest BCUT2D eigenvalue weighted by molar-refractivity contribution is 5.95. The molecule has 1 aromatic rings. The first-order valence-electron chi connectivity index (χ1n) is 7.58. The largest absolute Gasteiger partial charge is 0.416 e. The van der Waals surface area contributed by atoms with Gasteiger partial charge in [-0.25, -0.2) is 0 Å². The van der Waals surface area contributed by atoms with E-state index in [4.69, 9.17) is 0 Å². The molecule has 0 radical (unpaired) electrons. The number of benzene rings is 1. The van der Waals surface area contributed by atoms with E-state index in [0.29, 0.717) is 19.3 Å². The zero-order valence-corrected chi connectivity index (χ0v) is 13.5. The first-order chi connectivity index (χ1) is 10.4. The number of carbonyl (C=O) groups is 1. The van der Waals surface area contributed by atoms with E-state index in [-0.39, 0.29) is 17.0 Å². The van der Waals surface area contributed by atoms with Gasteiger partial charge in [0.05, 0.1) is 11.7 Å². The van der Waals surface area contributed by atoms with Gasteiger partial charge in [0.2, 0.25) is 5.91 Å². The van der Waals surface area contributed by atoms with Gasteiger partial charge in [0.15, 0.2) is 0 Å². The Hall–Kier alpha value is -1.56. The lowest BCUT2D eigenvalue weighted by Gasteiger charge is -2.44. The van der Waals surface area contributed by atoms with Crippen molar-refractivity contribution in [1.29, 1.82) is 0 Å². The molecule has 0 aromatic heterocycles. The van der Waals surface area contributed by atoms with E-state index in [1.165, 1.54) is 12.1 Å². The van der Waals surface area contributed by atoms with Crippen molar-refractivity contribution < 1.29 is 23.1 Å². The van der Waals surface area contributed by atoms with Crippen LogP contribution in [0.15, 0.2) is 24.3 Å². The molecular formula is C17H22F3NO2. The molecule has 3 nitrogen and oxygen atoms in total. The fraction of sp³-hybridized carbons (Fsp3) is 0.588. The maximum absolute atomic E-state index is 12.7. The fourth-order valence-electron chi connectivity index (χ4n) is 3.66. The van der Waals surface area contributed by atoms with Gasteiger partial charge >= 0.3 is 6.18 Å². The molecule has 0 spiro atoms. The maximum Gasteiger partial charge on any atom is 0.416 e. The molecule has 1 fully saturated rings. The van der Waals surface area contributed by atoms with E-state index in [2.05, 4.69) is 5.32 Å². The van der Waals surface area contributed by atoms with Crippen LogP contribution in [0.1, 0.15) is 45.6 Å². The lowest BCUT2D eigenvalue weighted by molar-refractivity contribution is -0.137. The van der Waals surface area contributed by atoms with Gasteiger partial charge in [-0.3, -0.25) is 4.79 Å². The Morgan fingerprint density at radius 1 is 1.26 bits per heavy atom. The number of alkyl halides is 3. The second-order valence-corrected chi connectivity index (χ2v) is 7.50.